The fourth-order valence-corrected chi connectivity index (χ4v) is 5.04. The van der Waals surface area contributed by atoms with Crippen LogP contribution in [0.4, 0.5) is 5.69 Å². The van der Waals surface area contributed by atoms with Gasteiger partial charge in [0.25, 0.3) is 0 Å². The average Bonchev–Trinajstić information content (AvgIpc) is 2.88. The summed E-state index contributed by atoms with van der Waals surface area (Å²) in [4.78, 5) is 12.5. The number of hydrogen-bond acceptors (Lipinski definition) is 1. The van der Waals surface area contributed by atoms with Gasteiger partial charge in [0.2, 0.25) is 5.91 Å². The normalized spacial score (nSPS) is 38.4. The number of alkyl halides is 1. The molecule has 0 aromatic heterocycles. The Morgan fingerprint density at radius 3 is 2.55 bits per heavy atom. The van der Waals surface area contributed by atoms with Crippen molar-refractivity contribution in [1.82, 2.24) is 0 Å². The van der Waals surface area contributed by atoms with E-state index < -0.39 is 0 Å². The standard InChI is InChI=1S/C17H20ClNO/c1-9(18)12-4-2-3-5-13(12)19-17(20)16-14-10-6-7-11(8-10)15(14)16/h2-5,9-11,14-16H,6-8H2,1H3,(H,19,20). The summed E-state index contributed by atoms with van der Waals surface area (Å²) in [5.74, 6) is 3.55. The zero-order chi connectivity index (χ0) is 13.9. The highest BCUT2D eigenvalue weighted by Crippen LogP contribution is 2.69. The summed E-state index contributed by atoms with van der Waals surface area (Å²) in [5.41, 5.74) is 1.90. The van der Waals surface area contributed by atoms with E-state index in [4.69, 9.17) is 11.6 Å². The van der Waals surface area contributed by atoms with Gasteiger partial charge in [-0.25, -0.2) is 0 Å². The van der Waals surface area contributed by atoms with Gasteiger partial charge in [0.15, 0.2) is 0 Å². The predicted octanol–water partition coefficient (Wildman–Crippen LogP) is 4.22. The molecule has 0 saturated heterocycles. The number of amides is 1. The minimum atomic E-state index is -0.0821. The zero-order valence-corrected chi connectivity index (χ0v) is 12.4. The molecule has 0 spiro atoms. The third-order valence-corrected chi connectivity index (χ3v) is 5.92. The number of fused-ring (bicyclic) bond motifs is 5. The number of para-hydroxylation sites is 1. The van der Waals surface area contributed by atoms with Crippen molar-refractivity contribution < 1.29 is 4.79 Å². The van der Waals surface area contributed by atoms with E-state index in [-0.39, 0.29) is 17.2 Å². The van der Waals surface area contributed by atoms with Crippen molar-refractivity contribution in [2.75, 3.05) is 5.32 Å². The fraction of sp³-hybridized carbons (Fsp3) is 0.588. The third kappa shape index (κ3) is 1.81. The molecule has 0 radical (unpaired) electrons. The van der Waals surface area contributed by atoms with E-state index in [9.17, 15) is 4.79 Å². The van der Waals surface area contributed by atoms with Crippen LogP contribution in [0.15, 0.2) is 24.3 Å². The summed E-state index contributed by atoms with van der Waals surface area (Å²) in [6.45, 7) is 1.94. The molecule has 5 unspecified atom stereocenters. The van der Waals surface area contributed by atoms with Crippen LogP contribution in [0.1, 0.15) is 37.1 Å². The van der Waals surface area contributed by atoms with Crippen molar-refractivity contribution in [2.45, 2.75) is 31.6 Å². The zero-order valence-electron chi connectivity index (χ0n) is 11.7. The average molecular weight is 290 g/mol. The van der Waals surface area contributed by atoms with Crippen molar-refractivity contribution in [3.63, 3.8) is 0 Å². The summed E-state index contributed by atoms with van der Waals surface area (Å²) in [6.07, 6.45) is 4.09. The molecule has 3 heteroatoms. The maximum Gasteiger partial charge on any atom is 0.228 e. The highest BCUT2D eigenvalue weighted by molar-refractivity contribution is 6.21. The Kier molecular flexibility index (Phi) is 2.85. The van der Waals surface area contributed by atoms with Crippen molar-refractivity contribution in [1.29, 1.82) is 0 Å². The van der Waals surface area contributed by atoms with Gasteiger partial charge in [-0.15, -0.1) is 11.6 Å². The molecule has 106 valence electrons. The Morgan fingerprint density at radius 2 is 1.90 bits per heavy atom. The van der Waals surface area contributed by atoms with Gasteiger partial charge in [-0.2, -0.15) is 0 Å². The molecule has 0 heterocycles. The number of halogens is 1. The van der Waals surface area contributed by atoms with Gasteiger partial charge in [0.1, 0.15) is 0 Å². The molecule has 20 heavy (non-hydrogen) atoms. The Labute approximate surface area is 124 Å². The van der Waals surface area contributed by atoms with Gasteiger partial charge >= 0.3 is 0 Å². The van der Waals surface area contributed by atoms with Gasteiger partial charge in [-0.3, -0.25) is 4.79 Å². The van der Waals surface area contributed by atoms with Gasteiger partial charge in [-0.05, 0) is 61.5 Å². The molecule has 2 bridgehead atoms. The maximum absolute atomic E-state index is 12.5. The molecule has 1 N–H and O–H groups in total. The number of hydrogen-bond donors (Lipinski definition) is 1. The first-order chi connectivity index (χ1) is 9.66. The Balaban J connectivity index is 1.49. The van der Waals surface area contributed by atoms with Crippen LogP contribution in [0.5, 0.6) is 0 Å². The molecule has 3 aliphatic rings. The lowest BCUT2D eigenvalue weighted by molar-refractivity contribution is -0.118. The van der Waals surface area contributed by atoms with Crippen LogP contribution in [0.3, 0.4) is 0 Å². The van der Waals surface area contributed by atoms with Crippen LogP contribution in [-0.4, -0.2) is 5.91 Å². The number of nitrogens with one attached hydrogen (secondary N) is 1. The molecule has 2 nitrogen and oxygen atoms in total. The van der Waals surface area contributed by atoms with Crippen molar-refractivity contribution in [3.8, 4) is 0 Å². The lowest BCUT2D eigenvalue weighted by Gasteiger charge is -2.14. The Bertz CT molecular complexity index is 540. The second kappa shape index (κ2) is 4.49. The summed E-state index contributed by atoms with van der Waals surface area (Å²) in [5, 5.41) is 3.05. The van der Waals surface area contributed by atoms with Crippen LogP contribution in [0.25, 0.3) is 0 Å². The van der Waals surface area contributed by atoms with Gasteiger partial charge in [0.05, 0.1) is 5.38 Å². The fourth-order valence-electron chi connectivity index (χ4n) is 4.85. The summed E-state index contributed by atoms with van der Waals surface area (Å²) < 4.78 is 0. The largest absolute Gasteiger partial charge is 0.326 e. The Hall–Kier alpha value is -1.02. The van der Waals surface area contributed by atoms with Crippen LogP contribution < -0.4 is 5.32 Å². The summed E-state index contributed by atoms with van der Waals surface area (Å²) in [6, 6.07) is 7.87. The number of carbonyl (C=O) groups excluding carboxylic acids is 1. The van der Waals surface area contributed by atoms with E-state index in [0.717, 1.165) is 23.1 Å². The topological polar surface area (TPSA) is 29.1 Å². The van der Waals surface area contributed by atoms with Crippen molar-refractivity contribution in [2.24, 2.45) is 29.6 Å². The quantitative estimate of drug-likeness (QED) is 0.830. The minimum absolute atomic E-state index is 0.0821. The lowest BCUT2D eigenvalue weighted by atomic mass is 10.0. The summed E-state index contributed by atoms with van der Waals surface area (Å²) in [7, 11) is 0. The lowest BCUT2D eigenvalue weighted by Crippen LogP contribution is -2.19. The van der Waals surface area contributed by atoms with Gasteiger partial charge in [0, 0.05) is 11.6 Å². The first-order valence-corrected chi connectivity index (χ1v) is 8.14. The second-order valence-corrected chi connectivity index (χ2v) is 7.36. The van der Waals surface area contributed by atoms with E-state index in [0.29, 0.717) is 11.8 Å². The number of rotatable bonds is 3. The van der Waals surface area contributed by atoms with E-state index in [1.165, 1.54) is 19.3 Å². The molecule has 3 fully saturated rings. The predicted molar refractivity (Wildman–Crippen MR) is 80.6 cm³/mol. The second-order valence-electron chi connectivity index (χ2n) is 6.71. The molecule has 1 aromatic carbocycles. The van der Waals surface area contributed by atoms with Gasteiger partial charge < -0.3 is 5.32 Å². The molecule has 3 saturated carbocycles. The molecule has 1 amide bonds. The van der Waals surface area contributed by atoms with E-state index in [2.05, 4.69) is 5.32 Å². The van der Waals surface area contributed by atoms with Crippen molar-refractivity contribution >= 4 is 23.2 Å². The minimum Gasteiger partial charge on any atom is -0.326 e. The monoisotopic (exact) mass is 289 g/mol. The first kappa shape index (κ1) is 12.7. The third-order valence-electron chi connectivity index (χ3n) is 5.69. The van der Waals surface area contributed by atoms with Crippen LogP contribution in [0.2, 0.25) is 0 Å². The van der Waals surface area contributed by atoms with E-state index in [1.54, 1.807) is 0 Å². The molecule has 3 aliphatic carbocycles. The number of benzene rings is 1. The summed E-state index contributed by atoms with van der Waals surface area (Å²) >= 11 is 6.19. The van der Waals surface area contributed by atoms with Gasteiger partial charge in [-0.1, -0.05) is 18.2 Å². The maximum atomic E-state index is 12.5. The molecular formula is C17H20ClNO. The van der Waals surface area contributed by atoms with E-state index >= 15 is 0 Å². The highest BCUT2D eigenvalue weighted by Gasteiger charge is 2.67. The Morgan fingerprint density at radius 1 is 1.25 bits per heavy atom. The van der Waals surface area contributed by atoms with Crippen molar-refractivity contribution in [3.05, 3.63) is 29.8 Å². The highest BCUT2D eigenvalue weighted by atomic mass is 35.5. The van der Waals surface area contributed by atoms with E-state index in [1.807, 2.05) is 31.2 Å². The molecular weight excluding hydrogens is 270 g/mol. The van der Waals surface area contributed by atoms with Crippen LogP contribution in [0, 0.1) is 29.6 Å². The van der Waals surface area contributed by atoms with Crippen LogP contribution >= 0.6 is 11.6 Å². The number of carbonyl (C=O) groups is 1. The van der Waals surface area contributed by atoms with Crippen LogP contribution in [-0.2, 0) is 4.79 Å². The SMILES string of the molecule is CC(Cl)c1ccccc1NC(=O)C1C2C3CCC(C3)C12. The molecule has 1 aromatic rings. The number of anilines is 1. The molecule has 0 aliphatic heterocycles. The molecule has 4 rings (SSSR count). The first-order valence-electron chi connectivity index (χ1n) is 7.70. The molecule has 5 atom stereocenters. The smallest absolute Gasteiger partial charge is 0.228 e.